The van der Waals surface area contributed by atoms with E-state index in [4.69, 9.17) is 4.74 Å². The van der Waals surface area contributed by atoms with Crippen molar-refractivity contribution < 1.29 is 9.53 Å². The summed E-state index contributed by atoms with van der Waals surface area (Å²) in [4.78, 5) is 14.3. The molecule has 1 aliphatic heterocycles. The van der Waals surface area contributed by atoms with Crippen LogP contribution in [-0.4, -0.2) is 36.1 Å². The van der Waals surface area contributed by atoms with Crippen LogP contribution in [0.2, 0.25) is 0 Å². The van der Waals surface area contributed by atoms with Gasteiger partial charge in [-0.3, -0.25) is 4.79 Å². The fraction of sp³-hybridized carbons (Fsp3) is 0.562. The van der Waals surface area contributed by atoms with Crippen molar-refractivity contribution in [1.82, 2.24) is 4.90 Å². The van der Waals surface area contributed by atoms with Crippen LogP contribution in [0.25, 0.3) is 0 Å². The average Bonchev–Trinajstić information content (AvgIpc) is 2.38. The summed E-state index contributed by atoms with van der Waals surface area (Å²) >= 11 is 0. The Labute approximate surface area is 115 Å². The monoisotopic (exact) mass is 261 g/mol. The van der Waals surface area contributed by atoms with E-state index in [0.29, 0.717) is 19.5 Å². The van der Waals surface area contributed by atoms with Crippen molar-refractivity contribution in [3.63, 3.8) is 0 Å². The van der Waals surface area contributed by atoms with Gasteiger partial charge in [0.2, 0.25) is 5.91 Å². The molecule has 19 heavy (non-hydrogen) atoms. The van der Waals surface area contributed by atoms with E-state index in [2.05, 4.69) is 19.1 Å². The third-order valence-corrected chi connectivity index (χ3v) is 3.62. The van der Waals surface area contributed by atoms with Crippen LogP contribution in [0, 0.1) is 0 Å². The van der Waals surface area contributed by atoms with Gasteiger partial charge >= 0.3 is 0 Å². The van der Waals surface area contributed by atoms with Gasteiger partial charge in [-0.2, -0.15) is 0 Å². The van der Waals surface area contributed by atoms with E-state index in [-0.39, 0.29) is 24.0 Å². The molecule has 3 atom stereocenters. The summed E-state index contributed by atoms with van der Waals surface area (Å²) < 4.78 is 5.66. The van der Waals surface area contributed by atoms with Gasteiger partial charge in [0.05, 0.1) is 12.2 Å². The van der Waals surface area contributed by atoms with Gasteiger partial charge in [0, 0.05) is 19.5 Å². The summed E-state index contributed by atoms with van der Waals surface area (Å²) in [6.07, 6.45) is 0.850. The number of morpholine rings is 1. The summed E-state index contributed by atoms with van der Waals surface area (Å²) in [5, 5.41) is 0. The first-order valence-corrected chi connectivity index (χ1v) is 7.04. The van der Waals surface area contributed by atoms with Crippen molar-refractivity contribution >= 4 is 5.91 Å². The molecular weight excluding hydrogens is 238 g/mol. The van der Waals surface area contributed by atoms with Crippen LogP contribution in [-0.2, 0) is 9.53 Å². The lowest BCUT2D eigenvalue weighted by molar-refractivity contribution is -0.143. The van der Waals surface area contributed by atoms with Crippen molar-refractivity contribution in [1.29, 1.82) is 0 Å². The molecule has 1 saturated heterocycles. The Bertz CT molecular complexity index is 408. The zero-order chi connectivity index (χ0) is 13.8. The van der Waals surface area contributed by atoms with Crippen LogP contribution >= 0.6 is 0 Å². The fourth-order valence-electron chi connectivity index (χ4n) is 2.67. The van der Waals surface area contributed by atoms with E-state index in [1.54, 1.807) is 0 Å². The van der Waals surface area contributed by atoms with Gasteiger partial charge < -0.3 is 9.64 Å². The lowest BCUT2D eigenvalue weighted by Gasteiger charge is -2.35. The highest BCUT2D eigenvalue weighted by molar-refractivity contribution is 5.77. The van der Waals surface area contributed by atoms with Gasteiger partial charge in [-0.25, -0.2) is 0 Å². The lowest BCUT2D eigenvalue weighted by atomic mass is 9.97. The molecular formula is C16H23NO2. The molecule has 104 valence electrons. The van der Waals surface area contributed by atoms with Gasteiger partial charge in [0.1, 0.15) is 0 Å². The molecule has 1 aromatic rings. The van der Waals surface area contributed by atoms with Crippen LogP contribution in [0.15, 0.2) is 30.3 Å². The molecule has 1 fully saturated rings. The average molecular weight is 261 g/mol. The molecule has 1 amide bonds. The Morgan fingerprint density at radius 2 is 1.84 bits per heavy atom. The van der Waals surface area contributed by atoms with Crippen LogP contribution < -0.4 is 0 Å². The Morgan fingerprint density at radius 3 is 2.42 bits per heavy atom. The van der Waals surface area contributed by atoms with Gasteiger partial charge in [-0.15, -0.1) is 0 Å². The topological polar surface area (TPSA) is 29.5 Å². The van der Waals surface area contributed by atoms with Crippen LogP contribution in [0.1, 0.15) is 38.7 Å². The van der Waals surface area contributed by atoms with E-state index in [0.717, 1.165) is 0 Å². The first-order chi connectivity index (χ1) is 9.06. The molecule has 0 aromatic heterocycles. The largest absolute Gasteiger partial charge is 0.372 e. The maximum atomic E-state index is 12.3. The second-order valence-corrected chi connectivity index (χ2v) is 5.57. The molecule has 1 aliphatic rings. The minimum absolute atomic E-state index is 0.139. The smallest absolute Gasteiger partial charge is 0.223 e. The SMILES string of the molecule is C[C@H](CC(=O)N1C[C@H](C)O[C@@H](C)C1)c1ccccc1. The molecule has 1 aromatic carbocycles. The Balaban J connectivity index is 1.93. The molecule has 0 aliphatic carbocycles. The first kappa shape index (κ1) is 14.1. The van der Waals surface area contributed by atoms with Crippen molar-refractivity contribution in [2.45, 2.75) is 45.3 Å². The van der Waals surface area contributed by atoms with Crippen molar-refractivity contribution in [2.75, 3.05) is 13.1 Å². The number of nitrogens with zero attached hydrogens (tertiary/aromatic N) is 1. The molecule has 0 unspecified atom stereocenters. The van der Waals surface area contributed by atoms with E-state index in [1.165, 1.54) is 5.56 Å². The van der Waals surface area contributed by atoms with E-state index >= 15 is 0 Å². The molecule has 0 saturated carbocycles. The summed E-state index contributed by atoms with van der Waals surface area (Å²) in [5.41, 5.74) is 1.23. The van der Waals surface area contributed by atoms with E-state index in [1.807, 2.05) is 36.9 Å². The van der Waals surface area contributed by atoms with Gasteiger partial charge in [0.25, 0.3) is 0 Å². The quantitative estimate of drug-likeness (QED) is 0.837. The Morgan fingerprint density at radius 1 is 1.26 bits per heavy atom. The molecule has 0 N–H and O–H groups in total. The van der Waals surface area contributed by atoms with Gasteiger partial charge in [-0.05, 0) is 25.3 Å². The number of carbonyl (C=O) groups excluding carboxylic acids is 1. The predicted molar refractivity (Wildman–Crippen MR) is 76.1 cm³/mol. The Kier molecular flexibility index (Phi) is 4.59. The number of hydrogen-bond acceptors (Lipinski definition) is 2. The van der Waals surface area contributed by atoms with Crippen LogP contribution in [0.3, 0.4) is 0 Å². The van der Waals surface area contributed by atoms with Crippen molar-refractivity contribution in [3.05, 3.63) is 35.9 Å². The molecule has 2 rings (SSSR count). The number of benzene rings is 1. The second-order valence-electron chi connectivity index (χ2n) is 5.57. The summed E-state index contributed by atoms with van der Waals surface area (Å²) in [5.74, 6) is 0.500. The molecule has 1 heterocycles. The number of hydrogen-bond donors (Lipinski definition) is 0. The fourth-order valence-corrected chi connectivity index (χ4v) is 2.67. The standard InChI is InChI=1S/C16H23NO2/c1-12(15-7-5-4-6-8-15)9-16(18)17-10-13(2)19-14(3)11-17/h4-8,12-14H,9-11H2,1-3H3/t12-,13+,14+/m1/s1. The summed E-state index contributed by atoms with van der Waals surface area (Å²) in [6.45, 7) is 7.59. The number of ether oxygens (including phenoxy) is 1. The van der Waals surface area contributed by atoms with Crippen molar-refractivity contribution in [3.8, 4) is 0 Å². The van der Waals surface area contributed by atoms with Crippen molar-refractivity contribution in [2.24, 2.45) is 0 Å². The third-order valence-electron chi connectivity index (χ3n) is 3.62. The highest BCUT2D eigenvalue weighted by Crippen LogP contribution is 2.21. The molecule has 3 nitrogen and oxygen atoms in total. The number of rotatable bonds is 3. The maximum Gasteiger partial charge on any atom is 0.223 e. The highest BCUT2D eigenvalue weighted by Gasteiger charge is 2.26. The number of amides is 1. The van der Waals surface area contributed by atoms with E-state index in [9.17, 15) is 4.79 Å². The molecule has 0 spiro atoms. The second kappa shape index (κ2) is 6.20. The van der Waals surface area contributed by atoms with Crippen LogP contribution in [0.4, 0.5) is 0 Å². The highest BCUT2D eigenvalue weighted by atomic mass is 16.5. The minimum Gasteiger partial charge on any atom is -0.372 e. The predicted octanol–water partition coefficient (Wildman–Crippen LogP) is 2.82. The normalized spacial score (nSPS) is 25.1. The number of carbonyl (C=O) groups is 1. The maximum absolute atomic E-state index is 12.3. The Hall–Kier alpha value is -1.35. The summed E-state index contributed by atoms with van der Waals surface area (Å²) in [6, 6.07) is 10.2. The first-order valence-electron chi connectivity index (χ1n) is 7.04. The molecule has 3 heteroatoms. The lowest BCUT2D eigenvalue weighted by Crippen LogP contribution is -2.48. The molecule has 0 bridgehead atoms. The zero-order valence-electron chi connectivity index (χ0n) is 12.0. The van der Waals surface area contributed by atoms with Crippen LogP contribution in [0.5, 0.6) is 0 Å². The zero-order valence-corrected chi connectivity index (χ0v) is 12.0. The summed E-state index contributed by atoms with van der Waals surface area (Å²) in [7, 11) is 0. The molecule has 0 radical (unpaired) electrons. The van der Waals surface area contributed by atoms with Gasteiger partial charge in [0.15, 0.2) is 0 Å². The minimum atomic E-state index is 0.139. The van der Waals surface area contributed by atoms with Gasteiger partial charge in [-0.1, -0.05) is 37.3 Å². The van der Waals surface area contributed by atoms with E-state index < -0.39 is 0 Å². The third kappa shape index (κ3) is 3.80.